The van der Waals surface area contributed by atoms with Crippen LogP contribution in [0.4, 0.5) is 0 Å². The van der Waals surface area contributed by atoms with E-state index in [1.807, 2.05) is 6.07 Å². The van der Waals surface area contributed by atoms with Crippen LogP contribution in [0.3, 0.4) is 0 Å². The fourth-order valence-corrected chi connectivity index (χ4v) is 4.95. The molecular weight excluding hydrogens is 378 g/mol. The van der Waals surface area contributed by atoms with E-state index >= 15 is 0 Å². The van der Waals surface area contributed by atoms with Gasteiger partial charge < -0.3 is 9.47 Å². The summed E-state index contributed by atoms with van der Waals surface area (Å²) in [5.74, 6) is 1.75. The van der Waals surface area contributed by atoms with E-state index in [0.717, 1.165) is 37.8 Å². The highest BCUT2D eigenvalue weighted by Gasteiger charge is 2.19. The van der Waals surface area contributed by atoms with Gasteiger partial charge in [0, 0.05) is 17.9 Å². The average Bonchev–Trinajstić information content (AvgIpc) is 3.23. The Morgan fingerprint density at radius 2 is 1.90 bits per heavy atom. The molecule has 2 heterocycles. The van der Waals surface area contributed by atoms with Gasteiger partial charge in [-0.2, -0.15) is 0 Å². The summed E-state index contributed by atoms with van der Waals surface area (Å²) < 4.78 is 12.7. The van der Waals surface area contributed by atoms with Gasteiger partial charge in [-0.25, -0.2) is 0 Å². The van der Waals surface area contributed by atoms with Crippen molar-refractivity contribution in [3.63, 3.8) is 0 Å². The highest BCUT2D eigenvalue weighted by atomic mass is 32.1. The molecule has 0 spiro atoms. The first-order valence-corrected chi connectivity index (χ1v) is 11.6. The molecule has 1 fully saturated rings. The van der Waals surface area contributed by atoms with Crippen molar-refractivity contribution in [2.45, 2.75) is 32.2 Å². The van der Waals surface area contributed by atoms with Crippen molar-refractivity contribution in [2.24, 2.45) is 5.92 Å². The van der Waals surface area contributed by atoms with Crippen LogP contribution in [0.2, 0.25) is 0 Å². The van der Waals surface area contributed by atoms with E-state index in [4.69, 9.17) is 9.47 Å². The smallest absolute Gasteiger partial charge is 0.119 e. The first-order chi connectivity index (χ1) is 14.3. The largest absolute Gasteiger partial charge is 0.497 e. The molecule has 3 nitrogen and oxygen atoms in total. The Labute approximate surface area is 178 Å². The van der Waals surface area contributed by atoms with Crippen molar-refractivity contribution in [1.82, 2.24) is 4.90 Å². The summed E-state index contributed by atoms with van der Waals surface area (Å²) in [5, 5.41) is 3.51. The third-order valence-electron chi connectivity index (χ3n) is 5.97. The molecule has 0 saturated carbocycles. The van der Waals surface area contributed by atoms with E-state index in [1.54, 1.807) is 18.4 Å². The zero-order valence-electron chi connectivity index (χ0n) is 17.3. The highest BCUT2D eigenvalue weighted by Crippen LogP contribution is 2.24. The molecule has 0 bridgehead atoms. The summed E-state index contributed by atoms with van der Waals surface area (Å²) in [6.45, 7) is 5.10. The second-order valence-electron chi connectivity index (χ2n) is 8.01. The number of ether oxygens (including phenoxy) is 2. The second kappa shape index (κ2) is 10.2. The molecule has 4 heteroatoms. The zero-order chi connectivity index (χ0) is 19.9. The van der Waals surface area contributed by atoms with Crippen molar-refractivity contribution < 1.29 is 9.47 Å². The van der Waals surface area contributed by atoms with Crippen LogP contribution >= 0.6 is 11.3 Å². The fourth-order valence-electron chi connectivity index (χ4n) is 4.18. The monoisotopic (exact) mass is 409 g/mol. The summed E-state index contributed by atoms with van der Waals surface area (Å²) >= 11 is 1.81. The number of piperidine rings is 1. The van der Waals surface area contributed by atoms with Crippen molar-refractivity contribution in [2.75, 3.05) is 33.4 Å². The van der Waals surface area contributed by atoms with E-state index in [0.29, 0.717) is 0 Å². The molecule has 4 rings (SSSR count). The van der Waals surface area contributed by atoms with Crippen molar-refractivity contribution in [1.29, 1.82) is 0 Å². The Morgan fingerprint density at radius 3 is 2.76 bits per heavy atom. The van der Waals surface area contributed by atoms with Crippen LogP contribution in [0.5, 0.6) is 5.75 Å². The lowest BCUT2D eigenvalue weighted by Gasteiger charge is -2.32. The van der Waals surface area contributed by atoms with E-state index < -0.39 is 0 Å². The first kappa shape index (κ1) is 20.4. The quantitative estimate of drug-likeness (QED) is 0.419. The number of nitrogens with zero attached hydrogens (tertiary/aromatic N) is 1. The Bertz CT molecular complexity index is 898. The van der Waals surface area contributed by atoms with Gasteiger partial charge in [-0.05, 0) is 90.8 Å². The lowest BCUT2D eigenvalue weighted by atomic mass is 9.93. The fraction of sp³-hybridized carbons (Fsp3) is 0.440. The lowest BCUT2D eigenvalue weighted by molar-refractivity contribution is 0.102. The standard InChI is InChI=1S/C25H31NO2S/c1-27-24-4-2-3-22(18-24)19-26-12-7-20(8-13-26)9-14-28-15-10-21-5-6-25-23(17-21)11-16-29-25/h2-6,11,16-18,20H,7-10,12-15,19H2,1H3. The Hall–Kier alpha value is -1.88. The van der Waals surface area contributed by atoms with Gasteiger partial charge in [0.25, 0.3) is 0 Å². The summed E-state index contributed by atoms with van der Waals surface area (Å²) in [5.41, 5.74) is 2.72. The second-order valence-corrected chi connectivity index (χ2v) is 8.96. The number of fused-ring (bicyclic) bond motifs is 1. The molecule has 0 unspecified atom stereocenters. The molecule has 0 aliphatic carbocycles. The zero-order valence-corrected chi connectivity index (χ0v) is 18.1. The summed E-state index contributed by atoms with van der Waals surface area (Å²) in [7, 11) is 1.73. The van der Waals surface area contributed by atoms with Crippen LogP contribution in [0.25, 0.3) is 10.1 Å². The normalized spacial score (nSPS) is 15.8. The van der Waals surface area contributed by atoms with Gasteiger partial charge in [-0.15, -0.1) is 11.3 Å². The van der Waals surface area contributed by atoms with Crippen molar-refractivity contribution >= 4 is 21.4 Å². The minimum absolute atomic E-state index is 0.804. The van der Waals surface area contributed by atoms with Crippen LogP contribution < -0.4 is 4.74 Å². The Kier molecular flexibility index (Phi) is 7.20. The summed E-state index contributed by atoms with van der Waals surface area (Å²) in [6.07, 6.45) is 4.76. The molecule has 0 amide bonds. The maximum absolute atomic E-state index is 5.96. The third kappa shape index (κ3) is 5.81. The maximum Gasteiger partial charge on any atom is 0.119 e. The number of hydrogen-bond acceptors (Lipinski definition) is 4. The van der Waals surface area contributed by atoms with Crippen LogP contribution in [0.15, 0.2) is 53.9 Å². The summed E-state index contributed by atoms with van der Waals surface area (Å²) in [4.78, 5) is 2.56. The molecule has 0 atom stereocenters. The van der Waals surface area contributed by atoms with E-state index in [2.05, 4.69) is 52.7 Å². The molecule has 1 aliphatic rings. The van der Waals surface area contributed by atoms with Gasteiger partial charge in [-0.1, -0.05) is 24.3 Å². The molecular formula is C25H31NO2S. The third-order valence-corrected chi connectivity index (χ3v) is 6.87. The topological polar surface area (TPSA) is 21.7 Å². The van der Waals surface area contributed by atoms with Gasteiger partial charge in [0.05, 0.1) is 13.7 Å². The van der Waals surface area contributed by atoms with Crippen molar-refractivity contribution in [3.8, 4) is 5.75 Å². The van der Waals surface area contributed by atoms with E-state index in [-0.39, 0.29) is 0 Å². The molecule has 1 aliphatic heterocycles. The SMILES string of the molecule is COc1cccc(CN2CCC(CCOCCc3ccc4sccc4c3)CC2)c1. The Balaban J connectivity index is 1.11. The van der Waals surface area contributed by atoms with Gasteiger partial charge in [-0.3, -0.25) is 4.90 Å². The number of likely N-dealkylation sites (tertiary alicyclic amines) is 1. The van der Waals surface area contributed by atoms with Gasteiger partial charge in [0.15, 0.2) is 0 Å². The number of hydrogen-bond donors (Lipinski definition) is 0. The molecule has 2 aromatic carbocycles. The molecule has 3 aromatic rings. The number of benzene rings is 2. The van der Waals surface area contributed by atoms with Gasteiger partial charge in [0.2, 0.25) is 0 Å². The Morgan fingerprint density at radius 1 is 1.00 bits per heavy atom. The first-order valence-electron chi connectivity index (χ1n) is 10.7. The summed E-state index contributed by atoms with van der Waals surface area (Å²) in [6, 6.07) is 17.4. The van der Waals surface area contributed by atoms with Crippen LogP contribution in [-0.2, 0) is 17.7 Å². The molecule has 0 N–H and O–H groups in total. The van der Waals surface area contributed by atoms with Crippen LogP contribution in [0, 0.1) is 5.92 Å². The molecule has 154 valence electrons. The van der Waals surface area contributed by atoms with Crippen LogP contribution in [0.1, 0.15) is 30.4 Å². The number of rotatable bonds is 9. The van der Waals surface area contributed by atoms with E-state index in [9.17, 15) is 0 Å². The average molecular weight is 410 g/mol. The highest BCUT2D eigenvalue weighted by molar-refractivity contribution is 7.17. The van der Waals surface area contributed by atoms with Gasteiger partial charge in [0.1, 0.15) is 5.75 Å². The van der Waals surface area contributed by atoms with Crippen LogP contribution in [-0.4, -0.2) is 38.3 Å². The van der Waals surface area contributed by atoms with Gasteiger partial charge >= 0.3 is 0 Å². The predicted octanol–water partition coefficient (Wildman–Crippen LogP) is 5.77. The minimum atomic E-state index is 0.804. The molecule has 29 heavy (non-hydrogen) atoms. The molecule has 0 radical (unpaired) electrons. The molecule has 1 aromatic heterocycles. The number of methoxy groups -OCH3 is 1. The van der Waals surface area contributed by atoms with Crippen molar-refractivity contribution in [3.05, 3.63) is 65.0 Å². The maximum atomic E-state index is 5.96. The predicted molar refractivity (Wildman–Crippen MR) is 122 cm³/mol. The minimum Gasteiger partial charge on any atom is -0.497 e. The van der Waals surface area contributed by atoms with E-state index in [1.165, 1.54) is 53.6 Å². The lowest BCUT2D eigenvalue weighted by Crippen LogP contribution is -2.33. The molecule has 1 saturated heterocycles. The number of thiophene rings is 1.